The summed E-state index contributed by atoms with van der Waals surface area (Å²) in [5, 5.41) is 2.88. The first-order valence-electron chi connectivity index (χ1n) is 9.66. The van der Waals surface area contributed by atoms with Crippen molar-refractivity contribution < 1.29 is 13.9 Å². The number of hydrogen-bond acceptors (Lipinski definition) is 6. The van der Waals surface area contributed by atoms with E-state index >= 15 is 0 Å². The Kier molecular flexibility index (Phi) is 5.66. The van der Waals surface area contributed by atoms with Gasteiger partial charge in [-0.1, -0.05) is 0 Å². The van der Waals surface area contributed by atoms with Gasteiger partial charge in [0, 0.05) is 57.4 Å². The maximum atomic E-state index is 13.1. The summed E-state index contributed by atoms with van der Waals surface area (Å²) < 4.78 is 18.6. The van der Waals surface area contributed by atoms with Crippen molar-refractivity contribution in [3.63, 3.8) is 0 Å². The third-order valence-corrected chi connectivity index (χ3v) is 5.17. The van der Waals surface area contributed by atoms with Crippen LogP contribution in [0.5, 0.6) is 0 Å². The van der Waals surface area contributed by atoms with E-state index in [1.54, 1.807) is 24.5 Å². The molecule has 0 bridgehead atoms. The van der Waals surface area contributed by atoms with Crippen LogP contribution in [0.2, 0.25) is 0 Å². The summed E-state index contributed by atoms with van der Waals surface area (Å²) in [5.41, 5.74) is 1.46. The second kappa shape index (κ2) is 8.52. The first-order valence-corrected chi connectivity index (χ1v) is 9.66. The molecule has 1 aromatic carbocycles. The fraction of sp³-hybridized carbons (Fsp3) is 0.450. The summed E-state index contributed by atoms with van der Waals surface area (Å²) in [4.78, 5) is 25.3. The highest BCUT2D eigenvalue weighted by Gasteiger charge is 2.20. The highest BCUT2D eigenvalue weighted by Crippen LogP contribution is 2.19. The number of benzene rings is 1. The van der Waals surface area contributed by atoms with Gasteiger partial charge in [-0.15, -0.1) is 0 Å². The molecule has 4 rings (SSSR count). The van der Waals surface area contributed by atoms with E-state index in [9.17, 15) is 9.18 Å². The summed E-state index contributed by atoms with van der Waals surface area (Å²) >= 11 is 0. The number of halogens is 1. The zero-order chi connectivity index (χ0) is 19.3. The number of carbonyl (C=O) groups excluding carboxylic acids is 1. The minimum Gasteiger partial charge on any atom is -0.376 e. The Morgan fingerprint density at radius 3 is 2.43 bits per heavy atom. The van der Waals surface area contributed by atoms with Crippen molar-refractivity contribution >= 4 is 17.5 Å². The third-order valence-electron chi connectivity index (χ3n) is 5.17. The van der Waals surface area contributed by atoms with Crippen LogP contribution in [0.3, 0.4) is 0 Å². The van der Waals surface area contributed by atoms with Crippen molar-refractivity contribution in [2.45, 2.75) is 18.9 Å². The number of carbonyl (C=O) groups is 1. The molecule has 1 amide bonds. The van der Waals surface area contributed by atoms with E-state index in [2.05, 4.69) is 25.1 Å². The van der Waals surface area contributed by atoms with Gasteiger partial charge in [0.1, 0.15) is 5.82 Å². The molecule has 8 heteroatoms. The molecular weight excluding hydrogens is 361 g/mol. The Hall–Kier alpha value is -2.74. The lowest BCUT2D eigenvalue weighted by atomic mass is 10.2. The standard InChI is InChI=1S/C20H24FN5O2/c21-16-3-5-17(6-4-16)25-7-9-26(10-8-25)20-23-12-15(13-24-20)19(27)22-14-18-2-1-11-28-18/h3-6,12-13,18H,1-2,7-11,14H2,(H,22,27). The molecule has 148 valence electrons. The number of nitrogens with zero attached hydrogens (tertiary/aromatic N) is 4. The molecule has 0 radical (unpaired) electrons. The molecule has 2 fully saturated rings. The average molecular weight is 385 g/mol. The monoisotopic (exact) mass is 385 g/mol. The van der Waals surface area contributed by atoms with Crippen molar-refractivity contribution in [2.75, 3.05) is 49.1 Å². The SMILES string of the molecule is O=C(NCC1CCCO1)c1cnc(N2CCN(c3ccc(F)cc3)CC2)nc1. The minimum absolute atomic E-state index is 0.113. The molecule has 2 saturated heterocycles. The van der Waals surface area contributed by atoms with Crippen LogP contribution in [-0.4, -0.2) is 61.3 Å². The van der Waals surface area contributed by atoms with E-state index in [0.29, 0.717) is 18.1 Å². The van der Waals surface area contributed by atoms with Gasteiger partial charge < -0.3 is 19.9 Å². The molecule has 2 aliphatic rings. The lowest BCUT2D eigenvalue weighted by Gasteiger charge is -2.36. The number of aromatic nitrogens is 2. The average Bonchev–Trinajstić information content (AvgIpc) is 3.27. The number of anilines is 2. The molecule has 0 saturated carbocycles. The van der Waals surface area contributed by atoms with Crippen LogP contribution in [0.15, 0.2) is 36.7 Å². The van der Waals surface area contributed by atoms with E-state index in [1.165, 1.54) is 12.1 Å². The molecule has 28 heavy (non-hydrogen) atoms. The summed E-state index contributed by atoms with van der Waals surface area (Å²) in [6, 6.07) is 6.55. The molecule has 1 N–H and O–H groups in total. The molecule has 1 unspecified atom stereocenters. The quantitative estimate of drug-likeness (QED) is 0.847. The van der Waals surface area contributed by atoms with E-state index in [-0.39, 0.29) is 17.8 Å². The van der Waals surface area contributed by atoms with Crippen LogP contribution < -0.4 is 15.1 Å². The predicted molar refractivity (Wildman–Crippen MR) is 104 cm³/mol. The number of ether oxygens (including phenoxy) is 1. The van der Waals surface area contributed by atoms with Gasteiger partial charge >= 0.3 is 0 Å². The zero-order valence-electron chi connectivity index (χ0n) is 15.7. The van der Waals surface area contributed by atoms with Gasteiger partial charge in [0.15, 0.2) is 0 Å². The van der Waals surface area contributed by atoms with Gasteiger partial charge in [0.2, 0.25) is 5.95 Å². The highest BCUT2D eigenvalue weighted by molar-refractivity contribution is 5.93. The van der Waals surface area contributed by atoms with Gasteiger partial charge in [0.05, 0.1) is 11.7 Å². The molecule has 3 heterocycles. The summed E-state index contributed by atoms with van der Waals surface area (Å²) in [6.45, 7) is 4.43. The van der Waals surface area contributed by atoms with Crippen LogP contribution in [0, 0.1) is 5.82 Å². The van der Waals surface area contributed by atoms with Crippen molar-refractivity contribution in [1.82, 2.24) is 15.3 Å². The van der Waals surface area contributed by atoms with Gasteiger partial charge in [0.25, 0.3) is 5.91 Å². The predicted octanol–water partition coefficient (Wildman–Crippen LogP) is 1.85. The minimum atomic E-state index is -0.226. The van der Waals surface area contributed by atoms with E-state index < -0.39 is 0 Å². The largest absolute Gasteiger partial charge is 0.376 e. The van der Waals surface area contributed by atoms with Crippen molar-refractivity contribution in [1.29, 1.82) is 0 Å². The Morgan fingerprint density at radius 2 is 1.79 bits per heavy atom. The van der Waals surface area contributed by atoms with E-state index in [1.807, 2.05) is 0 Å². The molecule has 1 aromatic heterocycles. The first kappa shape index (κ1) is 18.6. The Labute approximate surface area is 163 Å². The Bertz CT molecular complexity index is 785. The molecular formula is C20H24FN5O2. The normalized spacial score (nSPS) is 19.7. The van der Waals surface area contributed by atoms with Crippen molar-refractivity contribution in [3.8, 4) is 0 Å². The van der Waals surface area contributed by atoms with Gasteiger partial charge in [-0.2, -0.15) is 0 Å². The number of rotatable bonds is 5. The van der Waals surface area contributed by atoms with Crippen LogP contribution in [0.1, 0.15) is 23.2 Å². The highest BCUT2D eigenvalue weighted by atomic mass is 19.1. The molecule has 0 spiro atoms. The smallest absolute Gasteiger partial charge is 0.254 e. The molecule has 2 aliphatic heterocycles. The fourth-order valence-corrected chi connectivity index (χ4v) is 3.53. The number of nitrogens with one attached hydrogen (secondary N) is 1. The van der Waals surface area contributed by atoms with Gasteiger partial charge in [-0.3, -0.25) is 4.79 Å². The number of amides is 1. The third kappa shape index (κ3) is 4.39. The first-order chi connectivity index (χ1) is 13.7. The van der Waals surface area contributed by atoms with Crippen LogP contribution in [0.4, 0.5) is 16.0 Å². The molecule has 0 aliphatic carbocycles. The summed E-state index contributed by atoms with van der Waals surface area (Å²) in [5.74, 6) is 0.216. The second-order valence-electron chi connectivity index (χ2n) is 7.07. The second-order valence-corrected chi connectivity index (χ2v) is 7.07. The molecule has 1 atom stereocenters. The van der Waals surface area contributed by atoms with Crippen molar-refractivity contribution in [2.24, 2.45) is 0 Å². The van der Waals surface area contributed by atoms with Gasteiger partial charge in [-0.25, -0.2) is 14.4 Å². The fourth-order valence-electron chi connectivity index (χ4n) is 3.53. The lowest BCUT2D eigenvalue weighted by molar-refractivity contribution is 0.0857. The summed E-state index contributed by atoms with van der Waals surface area (Å²) in [6.07, 6.45) is 5.28. The molecule has 7 nitrogen and oxygen atoms in total. The van der Waals surface area contributed by atoms with Crippen molar-refractivity contribution in [3.05, 3.63) is 48.0 Å². The lowest BCUT2D eigenvalue weighted by Crippen LogP contribution is -2.47. The van der Waals surface area contributed by atoms with Crippen LogP contribution >= 0.6 is 0 Å². The maximum Gasteiger partial charge on any atom is 0.254 e. The molecule has 2 aromatic rings. The van der Waals surface area contributed by atoms with E-state index in [4.69, 9.17) is 4.74 Å². The van der Waals surface area contributed by atoms with Gasteiger partial charge in [-0.05, 0) is 37.1 Å². The zero-order valence-corrected chi connectivity index (χ0v) is 15.7. The Balaban J connectivity index is 1.29. The summed E-state index contributed by atoms with van der Waals surface area (Å²) in [7, 11) is 0. The van der Waals surface area contributed by atoms with Crippen LogP contribution in [0.25, 0.3) is 0 Å². The topological polar surface area (TPSA) is 70.6 Å². The Morgan fingerprint density at radius 1 is 1.11 bits per heavy atom. The van der Waals surface area contributed by atoms with Crippen LogP contribution in [-0.2, 0) is 4.74 Å². The number of hydrogen-bond donors (Lipinski definition) is 1. The maximum absolute atomic E-state index is 13.1. The van der Waals surface area contributed by atoms with E-state index in [0.717, 1.165) is 51.3 Å². The number of piperazine rings is 1.